The monoisotopic (exact) mass is 398 g/mol. The fourth-order valence-corrected chi connectivity index (χ4v) is 3.87. The van der Waals surface area contributed by atoms with E-state index in [-0.39, 0.29) is 18.2 Å². The van der Waals surface area contributed by atoms with E-state index in [0.717, 1.165) is 0 Å². The van der Waals surface area contributed by atoms with Gasteiger partial charge in [-0.2, -0.15) is 0 Å². The number of nitrogens with one attached hydrogen (secondary N) is 1. The third kappa shape index (κ3) is 4.99. The molecule has 10 heteroatoms. The lowest BCUT2D eigenvalue weighted by molar-refractivity contribution is -0.147. The Morgan fingerprint density at radius 3 is 2.14 bits per heavy atom. The first-order valence-electron chi connectivity index (χ1n) is 9.69. The maximum atomic E-state index is 13.1. The van der Waals surface area contributed by atoms with Crippen molar-refractivity contribution in [2.75, 3.05) is 13.1 Å². The SMILES string of the molecule is C[C@@H](O)CC(=O)N1CCC[C@H]1C(=O)N1CCC[C@@H]1C(=O)N[C@H](C(N)=O)[C@@H](C)O. The Morgan fingerprint density at radius 1 is 1.04 bits per heavy atom. The fourth-order valence-electron chi connectivity index (χ4n) is 3.87. The minimum Gasteiger partial charge on any atom is -0.393 e. The molecule has 0 spiro atoms. The van der Waals surface area contributed by atoms with Crippen LogP contribution in [0.3, 0.4) is 0 Å². The number of aliphatic hydroxyl groups is 2. The molecule has 0 aliphatic carbocycles. The van der Waals surface area contributed by atoms with Crippen molar-refractivity contribution in [2.24, 2.45) is 5.73 Å². The van der Waals surface area contributed by atoms with Gasteiger partial charge in [-0.3, -0.25) is 19.2 Å². The molecule has 2 fully saturated rings. The summed E-state index contributed by atoms with van der Waals surface area (Å²) in [5, 5.41) is 21.5. The molecule has 2 aliphatic rings. The summed E-state index contributed by atoms with van der Waals surface area (Å²) in [7, 11) is 0. The smallest absolute Gasteiger partial charge is 0.246 e. The van der Waals surface area contributed by atoms with Gasteiger partial charge in [-0.05, 0) is 39.5 Å². The van der Waals surface area contributed by atoms with Gasteiger partial charge in [-0.1, -0.05) is 0 Å². The predicted octanol–water partition coefficient (Wildman–Crippen LogP) is -1.91. The van der Waals surface area contributed by atoms with Gasteiger partial charge in [0.2, 0.25) is 23.6 Å². The third-order valence-electron chi connectivity index (χ3n) is 5.25. The molecule has 0 aromatic carbocycles. The van der Waals surface area contributed by atoms with Crippen LogP contribution in [0.15, 0.2) is 0 Å². The summed E-state index contributed by atoms with van der Waals surface area (Å²) in [6.45, 7) is 3.68. The topological polar surface area (TPSA) is 153 Å². The minimum atomic E-state index is -1.24. The zero-order valence-corrected chi connectivity index (χ0v) is 16.3. The Labute approximate surface area is 164 Å². The molecule has 4 amide bonds. The van der Waals surface area contributed by atoms with Crippen molar-refractivity contribution in [2.45, 2.75) is 76.3 Å². The highest BCUT2D eigenvalue weighted by atomic mass is 16.3. The number of primary amides is 1. The number of likely N-dealkylation sites (tertiary alicyclic amines) is 2. The lowest BCUT2D eigenvalue weighted by atomic mass is 10.1. The van der Waals surface area contributed by atoms with E-state index in [0.29, 0.717) is 38.8 Å². The molecule has 0 saturated carbocycles. The second-order valence-electron chi connectivity index (χ2n) is 7.62. The number of hydrogen-bond donors (Lipinski definition) is 4. The van der Waals surface area contributed by atoms with Crippen molar-refractivity contribution in [1.82, 2.24) is 15.1 Å². The average Bonchev–Trinajstić information content (AvgIpc) is 3.26. The molecular formula is C18H30N4O6. The number of carbonyl (C=O) groups excluding carboxylic acids is 4. The second-order valence-corrected chi connectivity index (χ2v) is 7.62. The zero-order chi connectivity index (χ0) is 21.0. The molecule has 2 heterocycles. The summed E-state index contributed by atoms with van der Waals surface area (Å²) in [4.78, 5) is 52.4. The number of amides is 4. The lowest BCUT2D eigenvalue weighted by Gasteiger charge is -2.32. The molecule has 5 atom stereocenters. The van der Waals surface area contributed by atoms with E-state index < -0.39 is 42.1 Å². The molecule has 10 nitrogen and oxygen atoms in total. The van der Waals surface area contributed by atoms with Crippen LogP contribution in [0.5, 0.6) is 0 Å². The molecular weight excluding hydrogens is 368 g/mol. The van der Waals surface area contributed by atoms with Gasteiger partial charge in [-0.15, -0.1) is 0 Å². The van der Waals surface area contributed by atoms with E-state index >= 15 is 0 Å². The van der Waals surface area contributed by atoms with Gasteiger partial charge in [0.25, 0.3) is 0 Å². The predicted molar refractivity (Wildman–Crippen MR) is 98.6 cm³/mol. The highest BCUT2D eigenvalue weighted by molar-refractivity contribution is 5.94. The van der Waals surface area contributed by atoms with Crippen molar-refractivity contribution < 1.29 is 29.4 Å². The molecule has 0 bridgehead atoms. The van der Waals surface area contributed by atoms with Crippen LogP contribution >= 0.6 is 0 Å². The first-order chi connectivity index (χ1) is 13.1. The van der Waals surface area contributed by atoms with E-state index in [1.807, 2.05) is 0 Å². The zero-order valence-electron chi connectivity index (χ0n) is 16.3. The third-order valence-corrected chi connectivity index (χ3v) is 5.25. The van der Waals surface area contributed by atoms with Gasteiger partial charge < -0.3 is 31.1 Å². The average molecular weight is 398 g/mol. The van der Waals surface area contributed by atoms with Crippen LogP contribution in [0.25, 0.3) is 0 Å². The molecule has 0 unspecified atom stereocenters. The fraction of sp³-hybridized carbons (Fsp3) is 0.778. The van der Waals surface area contributed by atoms with Crippen molar-refractivity contribution in [3.63, 3.8) is 0 Å². The van der Waals surface area contributed by atoms with Crippen molar-refractivity contribution in [1.29, 1.82) is 0 Å². The maximum absolute atomic E-state index is 13.1. The molecule has 158 valence electrons. The van der Waals surface area contributed by atoms with Crippen LogP contribution in [0.2, 0.25) is 0 Å². The highest BCUT2D eigenvalue weighted by Gasteiger charge is 2.42. The number of aliphatic hydroxyl groups excluding tert-OH is 2. The largest absolute Gasteiger partial charge is 0.393 e. The molecule has 2 rings (SSSR count). The molecule has 0 aromatic rings. The van der Waals surface area contributed by atoms with E-state index in [1.54, 1.807) is 0 Å². The van der Waals surface area contributed by atoms with Crippen LogP contribution in [0.1, 0.15) is 46.0 Å². The Morgan fingerprint density at radius 2 is 1.61 bits per heavy atom. The van der Waals surface area contributed by atoms with Gasteiger partial charge in [0.1, 0.15) is 18.1 Å². The lowest BCUT2D eigenvalue weighted by Crippen LogP contribution is -2.57. The van der Waals surface area contributed by atoms with E-state index in [1.165, 1.54) is 23.6 Å². The van der Waals surface area contributed by atoms with Crippen LogP contribution in [0, 0.1) is 0 Å². The van der Waals surface area contributed by atoms with Crippen LogP contribution in [-0.2, 0) is 19.2 Å². The Bertz CT molecular complexity index is 623. The molecule has 28 heavy (non-hydrogen) atoms. The van der Waals surface area contributed by atoms with E-state index in [4.69, 9.17) is 5.73 Å². The Kier molecular flexibility index (Phi) is 7.36. The first-order valence-corrected chi connectivity index (χ1v) is 9.69. The van der Waals surface area contributed by atoms with Gasteiger partial charge in [0.05, 0.1) is 18.6 Å². The highest BCUT2D eigenvalue weighted by Crippen LogP contribution is 2.25. The van der Waals surface area contributed by atoms with Crippen molar-refractivity contribution in [3.8, 4) is 0 Å². The molecule has 5 N–H and O–H groups in total. The number of hydrogen-bond acceptors (Lipinski definition) is 6. The quantitative estimate of drug-likeness (QED) is 0.392. The summed E-state index contributed by atoms with van der Waals surface area (Å²) in [6.07, 6.45) is 0.231. The van der Waals surface area contributed by atoms with Gasteiger partial charge >= 0.3 is 0 Å². The maximum Gasteiger partial charge on any atom is 0.246 e. The summed E-state index contributed by atoms with van der Waals surface area (Å²) in [5.41, 5.74) is 5.21. The van der Waals surface area contributed by atoms with Crippen LogP contribution < -0.4 is 11.1 Å². The van der Waals surface area contributed by atoms with Crippen LogP contribution in [-0.4, -0.2) is 87.1 Å². The Balaban J connectivity index is 2.08. The standard InChI is InChI=1S/C18H30N4O6/c1-10(23)9-14(25)21-7-4-6-13(21)18(28)22-8-3-5-12(22)17(27)20-15(11(2)24)16(19)26/h10-13,15,23-24H,3-9H2,1-2H3,(H2,19,26)(H,20,27)/t10-,11-,12-,13+,15+/m1/s1. The number of nitrogens with two attached hydrogens (primary N) is 1. The molecule has 0 aromatic heterocycles. The normalized spacial score (nSPS) is 25.3. The van der Waals surface area contributed by atoms with Crippen molar-refractivity contribution in [3.05, 3.63) is 0 Å². The first kappa shape index (κ1) is 22.1. The summed E-state index contributed by atoms with van der Waals surface area (Å²) < 4.78 is 0. The summed E-state index contributed by atoms with van der Waals surface area (Å²) >= 11 is 0. The summed E-state index contributed by atoms with van der Waals surface area (Å²) in [6, 6.07) is -2.66. The van der Waals surface area contributed by atoms with Crippen molar-refractivity contribution >= 4 is 23.6 Å². The number of rotatable bonds is 7. The minimum absolute atomic E-state index is 0.0532. The van der Waals surface area contributed by atoms with Crippen LogP contribution in [0.4, 0.5) is 0 Å². The second kappa shape index (κ2) is 9.33. The van der Waals surface area contributed by atoms with E-state index in [9.17, 15) is 29.4 Å². The Hall–Kier alpha value is -2.20. The van der Waals surface area contributed by atoms with Gasteiger partial charge in [0, 0.05) is 13.1 Å². The number of nitrogens with zero attached hydrogens (tertiary/aromatic N) is 2. The number of carbonyl (C=O) groups is 4. The summed E-state index contributed by atoms with van der Waals surface area (Å²) in [5.74, 6) is -1.99. The van der Waals surface area contributed by atoms with Gasteiger partial charge in [-0.25, -0.2) is 0 Å². The molecule has 2 saturated heterocycles. The molecule has 0 radical (unpaired) electrons. The van der Waals surface area contributed by atoms with E-state index in [2.05, 4.69) is 5.32 Å². The van der Waals surface area contributed by atoms with Gasteiger partial charge in [0.15, 0.2) is 0 Å². The molecule has 2 aliphatic heterocycles.